The largest absolute Gasteiger partial charge is 0.380 e. The summed E-state index contributed by atoms with van der Waals surface area (Å²) in [6, 6.07) is 0. The van der Waals surface area contributed by atoms with Crippen LogP contribution in [0.25, 0.3) is 0 Å². The molecule has 3 heteroatoms. The third kappa shape index (κ3) is 8.61. The molecule has 3 nitrogen and oxygen atoms in total. The van der Waals surface area contributed by atoms with Gasteiger partial charge in [-0.25, -0.2) is 0 Å². The molecule has 1 fully saturated rings. The zero-order valence-electron chi connectivity index (χ0n) is 13.5. The van der Waals surface area contributed by atoms with Crippen molar-refractivity contribution in [2.45, 2.75) is 58.9 Å². The predicted octanol–water partition coefficient (Wildman–Crippen LogP) is 2.90. The van der Waals surface area contributed by atoms with Gasteiger partial charge in [0.25, 0.3) is 0 Å². The molecule has 0 aromatic rings. The lowest BCUT2D eigenvalue weighted by Crippen LogP contribution is -2.45. The number of nitrogens with zero attached hydrogens (tertiary/aromatic N) is 1. The zero-order chi connectivity index (χ0) is 14.1. The quantitative estimate of drug-likeness (QED) is 0.686. The van der Waals surface area contributed by atoms with Crippen molar-refractivity contribution in [1.82, 2.24) is 10.2 Å². The van der Waals surface area contributed by atoms with Gasteiger partial charge < -0.3 is 15.0 Å². The van der Waals surface area contributed by atoms with Gasteiger partial charge in [0, 0.05) is 25.2 Å². The van der Waals surface area contributed by atoms with Crippen molar-refractivity contribution in [3.63, 3.8) is 0 Å². The summed E-state index contributed by atoms with van der Waals surface area (Å²) in [7, 11) is 0. The van der Waals surface area contributed by atoms with Crippen molar-refractivity contribution in [1.29, 1.82) is 0 Å². The van der Waals surface area contributed by atoms with Gasteiger partial charge in [0.15, 0.2) is 0 Å². The average Bonchev–Trinajstić information content (AvgIpc) is 2.36. The number of piperidine rings is 1. The normalized spacial score (nSPS) is 21.8. The Bertz CT molecular complexity index is 225. The van der Waals surface area contributed by atoms with Gasteiger partial charge >= 0.3 is 0 Å². The molecule has 1 aliphatic rings. The van der Waals surface area contributed by atoms with E-state index in [1.807, 2.05) is 0 Å². The summed E-state index contributed by atoms with van der Waals surface area (Å²) in [5.41, 5.74) is 0.242. The van der Waals surface area contributed by atoms with Gasteiger partial charge in [0.05, 0.1) is 6.61 Å². The molecule has 1 saturated heterocycles. The van der Waals surface area contributed by atoms with Gasteiger partial charge in [0.2, 0.25) is 0 Å². The minimum Gasteiger partial charge on any atom is -0.380 e. The first-order valence-electron chi connectivity index (χ1n) is 8.06. The van der Waals surface area contributed by atoms with Crippen LogP contribution in [0.3, 0.4) is 0 Å². The van der Waals surface area contributed by atoms with Crippen LogP contribution in [-0.2, 0) is 4.74 Å². The summed E-state index contributed by atoms with van der Waals surface area (Å²) >= 11 is 0. The fourth-order valence-corrected chi connectivity index (χ4v) is 2.51. The third-order valence-electron chi connectivity index (χ3n) is 3.72. The van der Waals surface area contributed by atoms with Crippen LogP contribution in [-0.4, -0.2) is 49.8 Å². The number of hydrogen-bond acceptors (Lipinski definition) is 3. The van der Waals surface area contributed by atoms with Gasteiger partial charge in [-0.2, -0.15) is 0 Å². The molecular weight excluding hydrogens is 236 g/mol. The van der Waals surface area contributed by atoms with E-state index in [-0.39, 0.29) is 5.54 Å². The molecule has 0 aromatic heterocycles. The first-order chi connectivity index (χ1) is 9.01. The van der Waals surface area contributed by atoms with Gasteiger partial charge in [-0.05, 0) is 59.0 Å². The topological polar surface area (TPSA) is 24.5 Å². The molecule has 0 saturated carbocycles. The second-order valence-electron chi connectivity index (χ2n) is 6.91. The number of hydrogen-bond donors (Lipinski definition) is 1. The molecule has 0 radical (unpaired) electrons. The lowest BCUT2D eigenvalue weighted by molar-refractivity contribution is 0.0822. The van der Waals surface area contributed by atoms with E-state index in [4.69, 9.17) is 4.74 Å². The summed E-state index contributed by atoms with van der Waals surface area (Å²) in [6.45, 7) is 15.5. The van der Waals surface area contributed by atoms with E-state index >= 15 is 0 Å². The van der Waals surface area contributed by atoms with Crippen molar-refractivity contribution < 1.29 is 4.74 Å². The van der Waals surface area contributed by atoms with Crippen molar-refractivity contribution in [2.24, 2.45) is 5.92 Å². The standard InChI is InChI=1S/C16H34N2O/c1-5-6-11-19-12-10-18-9-7-8-15(14-18)13-17-16(2,3)4/h15,17H,5-14H2,1-4H3. The van der Waals surface area contributed by atoms with Crippen LogP contribution in [0, 0.1) is 5.92 Å². The highest BCUT2D eigenvalue weighted by Gasteiger charge is 2.21. The maximum atomic E-state index is 5.67. The van der Waals surface area contributed by atoms with Crippen LogP contribution in [0.1, 0.15) is 53.4 Å². The van der Waals surface area contributed by atoms with Crippen LogP contribution in [0.2, 0.25) is 0 Å². The van der Waals surface area contributed by atoms with E-state index < -0.39 is 0 Å². The lowest BCUT2D eigenvalue weighted by atomic mass is 9.96. The fourth-order valence-electron chi connectivity index (χ4n) is 2.51. The zero-order valence-corrected chi connectivity index (χ0v) is 13.5. The smallest absolute Gasteiger partial charge is 0.0593 e. The number of likely N-dealkylation sites (tertiary alicyclic amines) is 1. The second-order valence-corrected chi connectivity index (χ2v) is 6.91. The van der Waals surface area contributed by atoms with Crippen LogP contribution in [0.15, 0.2) is 0 Å². The number of ether oxygens (including phenoxy) is 1. The maximum Gasteiger partial charge on any atom is 0.0593 e. The van der Waals surface area contributed by atoms with Crippen LogP contribution < -0.4 is 5.32 Å². The van der Waals surface area contributed by atoms with Gasteiger partial charge in [-0.3, -0.25) is 0 Å². The molecule has 0 amide bonds. The highest BCUT2D eigenvalue weighted by atomic mass is 16.5. The molecule has 1 atom stereocenters. The Morgan fingerprint density at radius 1 is 1.26 bits per heavy atom. The van der Waals surface area contributed by atoms with Crippen LogP contribution in [0.5, 0.6) is 0 Å². The van der Waals surface area contributed by atoms with Crippen molar-refractivity contribution in [2.75, 3.05) is 39.4 Å². The molecule has 1 N–H and O–H groups in total. The Labute approximate surface area is 120 Å². The Morgan fingerprint density at radius 3 is 2.74 bits per heavy atom. The third-order valence-corrected chi connectivity index (χ3v) is 3.72. The van der Waals surface area contributed by atoms with E-state index in [1.165, 1.54) is 38.8 Å². The number of rotatable bonds is 8. The minimum absolute atomic E-state index is 0.242. The summed E-state index contributed by atoms with van der Waals surface area (Å²) in [6.07, 6.45) is 5.13. The highest BCUT2D eigenvalue weighted by molar-refractivity contribution is 4.78. The summed E-state index contributed by atoms with van der Waals surface area (Å²) in [4.78, 5) is 2.57. The Morgan fingerprint density at radius 2 is 2.05 bits per heavy atom. The van der Waals surface area contributed by atoms with Crippen molar-refractivity contribution in [3.05, 3.63) is 0 Å². The van der Waals surface area contributed by atoms with E-state index in [9.17, 15) is 0 Å². The van der Waals surface area contributed by atoms with E-state index in [0.717, 1.165) is 32.2 Å². The molecule has 19 heavy (non-hydrogen) atoms. The first-order valence-corrected chi connectivity index (χ1v) is 8.06. The molecule has 1 aliphatic heterocycles. The summed E-state index contributed by atoms with van der Waals surface area (Å²) in [5.74, 6) is 0.809. The monoisotopic (exact) mass is 270 g/mol. The van der Waals surface area contributed by atoms with Gasteiger partial charge in [-0.1, -0.05) is 13.3 Å². The predicted molar refractivity (Wildman–Crippen MR) is 82.6 cm³/mol. The molecule has 0 bridgehead atoms. The molecule has 114 valence electrons. The van der Waals surface area contributed by atoms with Gasteiger partial charge in [-0.15, -0.1) is 0 Å². The minimum atomic E-state index is 0.242. The Balaban J connectivity index is 2.12. The molecule has 0 aliphatic carbocycles. The second kappa shape index (κ2) is 8.93. The lowest BCUT2D eigenvalue weighted by Gasteiger charge is -2.34. The van der Waals surface area contributed by atoms with Crippen molar-refractivity contribution in [3.8, 4) is 0 Å². The van der Waals surface area contributed by atoms with Crippen LogP contribution >= 0.6 is 0 Å². The number of unbranched alkanes of at least 4 members (excludes halogenated alkanes) is 1. The molecule has 0 spiro atoms. The highest BCUT2D eigenvalue weighted by Crippen LogP contribution is 2.16. The SMILES string of the molecule is CCCCOCCN1CCCC(CNC(C)(C)C)C1. The fraction of sp³-hybridized carbons (Fsp3) is 1.00. The van der Waals surface area contributed by atoms with E-state index in [0.29, 0.717) is 0 Å². The van der Waals surface area contributed by atoms with Gasteiger partial charge in [0.1, 0.15) is 0 Å². The first kappa shape index (κ1) is 16.9. The Kier molecular flexibility index (Phi) is 7.96. The maximum absolute atomic E-state index is 5.67. The summed E-state index contributed by atoms with van der Waals surface area (Å²) < 4.78 is 5.67. The molecular formula is C16H34N2O. The molecule has 1 rings (SSSR count). The Hall–Kier alpha value is -0.120. The number of nitrogens with one attached hydrogen (secondary N) is 1. The van der Waals surface area contributed by atoms with Crippen molar-refractivity contribution >= 4 is 0 Å². The molecule has 1 unspecified atom stereocenters. The van der Waals surface area contributed by atoms with Crippen LogP contribution in [0.4, 0.5) is 0 Å². The summed E-state index contributed by atoms with van der Waals surface area (Å²) in [5, 5.41) is 3.64. The average molecular weight is 270 g/mol. The van der Waals surface area contributed by atoms with E-state index in [1.54, 1.807) is 0 Å². The molecule has 0 aromatic carbocycles. The molecule has 1 heterocycles. The van der Waals surface area contributed by atoms with E-state index in [2.05, 4.69) is 37.9 Å².